The Hall–Kier alpha value is -8.86. The quantitative estimate of drug-likeness (QED) is 0.154. The van der Waals surface area contributed by atoms with E-state index in [2.05, 4.69) is 277 Å². The molecule has 0 spiro atoms. The van der Waals surface area contributed by atoms with Crippen molar-refractivity contribution < 1.29 is 0 Å². The van der Waals surface area contributed by atoms with Crippen LogP contribution in [0.3, 0.4) is 0 Å². The highest BCUT2D eigenvalue weighted by Crippen LogP contribution is 2.54. The third-order valence-electron chi connectivity index (χ3n) is 14.6. The molecular formula is C66H50N4. The van der Waals surface area contributed by atoms with E-state index in [1.807, 2.05) is 0 Å². The standard InChI is InChI=1S/C66H50N4/c1-44(35-36-45-19-5-4-6-20-45)65-53-39-37-50(70-63-33-15-11-29-59(63)68(3)60-30-12-16-34-64(60)70)43-56(53)66(48-24-17-23-47(41-48)52-26-18-22-46-21-7-8-25-51(46)52)54-40-38-49(42-55(54)65)69-61-31-13-9-27-57(61)67(2)58-28-10-14-32-62(58)69/h4-19,21-43H,20H2,1-3H3/b44-35+,45-36-. The number of para-hydroxylation sites is 8. The minimum Gasteiger partial charge on any atom is -0.341 e. The molecular weight excluding hydrogens is 849 g/mol. The summed E-state index contributed by atoms with van der Waals surface area (Å²) in [4.78, 5) is 9.52. The summed E-state index contributed by atoms with van der Waals surface area (Å²) in [7, 11) is 4.35. The largest absolute Gasteiger partial charge is 0.341 e. The van der Waals surface area contributed by atoms with Crippen molar-refractivity contribution in [2.45, 2.75) is 13.3 Å². The van der Waals surface area contributed by atoms with Gasteiger partial charge in [0.15, 0.2) is 0 Å². The van der Waals surface area contributed by atoms with Gasteiger partial charge in [-0.2, -0.15) is 0 Å². The van der Waals surface area contributed by atoms with Crippen molar-refractivity contribution in [3.05, 3.63) is 248 Å². The third-order valence-corrected chi connectivity index (χ3v) is 14.6. The van der Waals surface area contributed by atoms with Crippen LogP contribution in [0.4, 0.5) is 56.9 Å². The van der Waals surface area contributed by atoms with Crippen LogP contribution in [0.1, 0.15) is 18.9 Å². The van der Waals surface area contributed by atoms with Gasteiger partial charge in [-0.15, -0.1) is 0 Å². The van der Waals surface area contributed by atoms with E-state index in [1.54, 1.807) is 0 Å². The van der Waals surface area contributed by atoms with Crippen molar-refractivity contribution in [3.8, 4) is 22.3 Å². The molecule has 334 valence electrons. The minimum atomic E-state index is 0.914. The minimum absolute atomic E-state index is 0.914. The summed E-state index contributed by atoms with van der Waals surface area (Å²) in [5.41, 5.74) is 20.0. The molecule has 70 heavy (non-hydrogen) atoms. The van der Waals surface area contributed by atoms with Crippen LogP contribution < -0.4 is 19.6 Å². The first-order valence-electron chi connectivity index (χ1n) is 24.3. The lowest BCUT2D eigenvalue weighted by Crippen LogP contribution is -2.24. The van der Waals surface area contributed by atoms with Crippen LogP contribution in [-0.4, -0.2) is 14.1 Å². The zero-order chi connectivity index (χ0) is 46.9. The Morgan fingerprint density at radius 1 is 0.429 bits per heavy atom. The Morgan fingerprint density at radius 2 is 0.943 bits per heavy atom. The van der Waals surface area contributed by atoms with E-state index < -0.39 is 0 Å². The predicted octanol–water partition coefficient (Wildman–Crippen LogP) is 18.4. The summed E-state index contributed by atoms with van der Waals surface area (Å²) in [5, 5.41) is 7.30. The zero-order valence-electron chi connectivity index (χ0n) is 39.5. The van der Waals surface area contributed by atoms with Gasteiger partial charge in [0, 0.05) is 25.5 Å². The monoisotopic (exact) mass is 898 g/mol. The van der Waals surface area contributed by atoms with Crippen molar-refractivity contribution in [1.29, 1.82) is 0 Å². The summed E-state index contributed by atoms with van der Waals surface area (Å²) in [6.07, 6.45) is 14.3. The molecule has 10 aromatic carbocycles. The molecule has 4 heteroatoms. The maximum Gasteiger partial charge on any atom is 0.0699 e. The number of nitrogens with zero attached hydrogens (tertiary/aromatic N) is 4. The van der Waals surface area contributed by atoms with E-state index in [-0.39, 0.29) is 0 Å². The van der Waals surface area contributed by atoms with E-state index >= 15 is 0 Å². The number of anilines is 10. The van der Waals surface area contributed by atoms with E-state index in [0.717, 1.165) is 40.5 Å². The number of hydrogen-bond acceptors (Lipinski definition) is 4. The molecule has 0 saturated carbocycles. The van der Waals surface area contributed by atoms with Gasteiger partial charge >= 0.3 is 0 Å². The lowest BCUT2D eigenvalue weighted by Gasteiger charge is -2.39. The normalized spacial score (nSPS) is 14.6. The molecule has 3 aliphatic rings. The van der Waals surface area contributed by atoms with Gasteiger partial charge in [-0.05, 0) is 163 Å². The Balaban J connectivity index is 1.12. The van der Waals surface area contributed by atoms with Gasteiger partial charge < -0.3 is 19.6 Å². The molecule has 2 aliphatic heterocycles. The lowest BCUT2D eigenvalue weighted by molar-refractivity contribution is 1.13. The second-order valence-corrected chi connectivity index (χ2v) is 18.6. The molecule has 0 unspecified atom stereocenters. The maximum absolute atomic E-state index is 2.46. The van der Waals surface area contributed by atoms with Gasteiger partial charge in [0.25, 0.3) is 0 Å². The molecule has 13 rings (SSSR count). The van der Waals surface area contributed by atoms with Crippen molar-refractivity contribution in [2.75, 3.05) is 33.7 Å². The molecule has 0 saturated heterocycles. The number of allylic oxidation sites excluding steroid dienone is 8. The molecule has 0 radical (unpaired) electrons. The summed E-state index contributed by atoms with van der Waals surface area (Å²) in [6.45, 7) is 2.29. The van der Waals surface area contributed by atoms with Crippen LogP contribution in [0, 0.1) is 0 Å². The SMILES string of the molecule is C/C(=C\C=C1\C=CC=CC1)c1c2cc(N3c4ccccc4N(C)c4ccccc43)ccc2c(-c2cccc(-c3cccc4ccccc34)c2)c2cc(N3c4ccccc4N(C)c4ccccc43)ccc12. The Kier molecular flexibility index (Phi) is 9.88. The van der Waals surface area contributed by atoms with Crippen LogP contribution in [0.15, 0.2) is 242 Å². The highest BCUT2D eigenvalue weighted by molar-refractivity contribution is 6.21. The summed E-state index contributed by atoms with van der Waals surface area (Å²) < 4.78 is 0. The first-order chi connectivity index (χ1) is 34.5. The average molecular weight is 899 g/mol. The molecule has 2 heterocycles. The van der Waals surface area contributed by atoms with Crippen molar-refractivity contribution in [1.82, 2.24) is 0 Å². The van der Waals surface area contributed by atoms with Crippen LogP contribution in [0.2, 0.25) is 0 Å². The fourth-order valence-electron chi connectivity index (χ4n) is 11.3. The molecule has 4 nitrogen and oxygen atoms in total. The summed E-state index contributed by atoms with van der Waals surface area (Å²) >= 11 is 0. The van der Waals surface area contributed by atoms with Crippen molar-refractivity contribution in [2.24, 2.45) is 0 Å². The first kappa shape index (κ1) is 41.3. The highest BCUT2D eigenvalue weighted by Gasteiger charge is 2.30. The van der Waals surface area contributed by atoms with Crippen LogP contribution in [0.5, 0.6) is 0 Å². The fourth-order valence-corrected chi connectivity index (χ4v) is 11.3. The van der Waals surface area contributed by atoms with E-state index in [1.165, 1.54) is 94.0 Å². The number of fused-ring (bicyclic) bond motifs is 7. The predicted molar refractivity (Wildman–Crippen MR) is 300 cm³/mol. The zero-order valence-corrected chi connectivity index (χ0v) is 39.5. The average Bonchev–Trinajstić information content (AvgIpc) is 3.42. The number of hydrogen-bond donors (Lipinski definition) is 0. The van der Waals surface area contributed by atoms with Gasteiger partial charge in [0.1, 0.15) is 0 Å². The molecule has 0 atom stereocenters. The number of rotatable bonds is 6. The topological polar surface area (TPSA) is 13.0 Å². The molecule has 0 N–H and O–H groups in total. The Bertz CT molecular complexity index is 3790. The van der Waals surface area contributed by atoms with Crippen LogP contribution in [0.25, 0.3) is 60.1 Å². The summed E-state index contributed by atoms with van der Waals surface area (Å²) in [6, 6.07) is 74.0. The lowest BCUT2D eigenvalue weighted by atomic mass is 9.84. The highest BCUT2D eigenvalue weighted by atomic mass is 15.3. The summed E-state index contributed by atoms with van der Waals surface area (Å²) in [5.74, 6) is 0. The fraction of sp³-hybridized carbons (Fsp3) is 0.0606. The third kappa shape index (κ3) is 6.67. The smallest absolute Gasteiger partial charge is 0.0699 e. The van der Waals surface area contributed by atoms with E-state index in [0.29, 0.717) is 0 Å². The molecule has 0 aromatic heterocycles. The van der Waals surface area contributed by atoms with Gasteiger partial charge in [0.2, 0.25) is 0 Å². The molecule has 0 amide bonds. The van der Waals surface area contributed by atoms with Crippen molar-refractivity contribution >= 4 is 94.8 Å². The van der Waals surface area contributed by atoms with Crippen LogP contribution >= 0.6 is 0 Å². The maximum atomic E-state index is 2.46. The Labute approximate surface area is 409 Å². The van der Waals surface area contributed by atoms with Crippen LogP contribution in [-0.2, 0) is 0 Å². The number of benzene rings is 10. The van der Waals surface area contributed by atoms with Crippen molar-refractivity contribution in [3.63, 3.8) is 0 Å². The molecule has 1 aliphatic carbocycles. The van der Waals surface area contributed by atoms with Gasteiger partial charge in [0.05, 0.1) is 45.5 Å². The second-order valence-electron chi connectivity index (χ2n) is 18.6. The molecule has 0 bridgehead atoms. The molecule has 10 aromatic rings. The first-order valence-corrected chi connectivity index (χ1v) is 24.3. The Morgan fingerprint density at radius 3 is 1.54 bits per heavy atom. The van der Waals surface area contributed by atoms with Gasteiger partial charge in [-0.1, -0.05) is 158 Å². The molecule has 0 fully saturated rings. The second kappa shape index (κ2) is 16.7. The van der Waals surface area contributed by atoms with Gasteiger partial charge in [-0.3, -0.25) is 0 Å². The van der Waals surface area contributed by atoms with Gasteiger partial charge in [-0.25, -0.2) is 0 Å². The van der Waals surface area contributed by atoms with E-state index in [4.69, 9.17) is 0 Å². The van der Waals surface area contributed by atoms with E-state index in [9.17, 15) is 0 Å².